The van der Waals surface area contributed by atoms with Gasteiger partial charge in [-0.05, 0) is 148 Å². The summed E-state index contributed by atoms with van der Waals surface area (Å²) >= 11 is 0. The number of fused-ring (bicyclic) bond motifs is 3. The van der Waals surface area contributed by atoms with Crippen molar-refractivity contribution in [2.75, 3.05) is 9.80 Å². The van der Waals surface area contributed by atoms with Crippen LogP contribution in [-0.2, 0) is 0 Å². The van der Waals surface area contributed by atoms with Crippen LogP contribution in [0.4, 0.5) is 34.1 Å². The predicted octanol–water partition coefficient (Wildman–Crippen LogP) is 19.9. The van der Waals surface area contributed by atoms with Crippen LogP contribution in [0, 0.1) is 12.1 Å². The third kappa shape index (κ3) is 8.97. The Morgan fingerprint density at radius 3 is 1.12 bits per heavy atom. The van der Waals surface area contributed by atoms with Crippen molar-refractivity contribution < 1.29 is 0 Å². The Balaban J connectivity index is 0.829. The number of anilines is 6. The van der Waals surface area contributed by atoms with E-state index in [1.807, 2.05) is 12.1 Å². The molecule has 0 atom stereocenters. The van der Waals surface area contributed by atoms with Gasteiger partial charge in [-0.15, -0.1) is 0 Å². The van der Waals surface area contributed by atoms with E-state index in [-0.39, 0.29) is 0 Å². The van der Waals surface area contributed by atoms with E-state index < -0.39 is 0 Å². The van der Waals surface area contributed by atoms with E-state index in [9.17, 15) is 0 Å². The van der Waals surface area contributed by atoms with Crippen molar-refractivity contribution in [1.29, 1.82) is 0 Å². The molecule has 13 rings (SSSR count). The second-order valence-corrected chi connectivity index (χ2v) is 19.1. The SMILES string of the molecule is c1cccc(-c2ccc(N(c3ccc(-c4ccccc4)cc3)c3ccc(-c4cccc5c4[nH]c4c(-c6ccc(N(c7ccc(C8=CCCC=C8)cc7)c7ccc(-c8ccccc8)cc7)cc6)cccc45)cc3)cc2)c#1. The normalized spacial score (nSPS) is 12.1. The first-order chi connectivity index (χ1) is 37.2. The molecule has 0 saturated heterocycles. The quantitative estimate of drug-likeness (QED) is 0.132. The Labute approximate surface area is 439 Å². The molecule has 1 aliphatic carbocycles. The molecule has 12 aromatic rings. The summed E-state index contributed by atoms with van der Waals surface area (Å²) in [5.41, 5.74) is 22.8. The fourth-order valence-corrected chi connectivity index (χ4v) is 10.7. The molecule has 1 aliphatic rings. The lowest BCUT2D eigenvalue weighted by atomic mass is 9.99. The Bertz CT molecular complexity index is 3890. The molecule has 0 radical (unpaired) electrons. The molecular formula is C72H51N3. The van der Waals surface area contributed by atoms with Crippen LogP contribution in [0.1, 0.15) is 18.4 Å². The minimum Gasteiger partial charge on any atom is -0.353 e. The molecule has 3 nitrogen and oxygen atoms in total. The van der Waals surface area contributed by atoms with Crippen LogP contribution in [0.25, 0.3) is 83.0 Å². The lowest BCUT2D eigenvalue weighted by molar-refractivity contribution is 1.04. The van der Waals surface area contributed by atoms with E-state index in [1.165, 1.54) is 44.2 Å². The predicted molar refractivity (Wildman–Crippen MR) is 316 cm³/mol. The van der Waals surface area contributed by atoms with Gasteiger partial charge in [0.2, 0.25) is 0 Å². The Morgan fingerprint density at radius 2 is 0.720 bits per heavy atom. The largest absolute Gasteiger partial charge is 0.353 e. The van der Waals surface area contributed by atoms with Crippen LogP contribution in [0.5, 0.6) is 0 Å². The van der Waals surface area contributed by atoms with Crippen molar-refractivity contribution >= 4 is 61.5 Å². The molecule has 1 N–H and O–H groups in total. The number of aromatic amines is 1. The van der Waals surface area contributed by atoms with Crippen LogP contribution in [0.15, 0.2) is 279 Å². The summed E-state index contributed by atoms with van der Waals surface area (Å²) < 4.78 is 0. The van der Waals surface area contributed by atoms with E-state index in [2.05, 4.69) is 294 Å². The topological polar surface area (TPSA) is 22.3 Å². The second kappa shape index (κ2) is 20.0. The Hall–Kier alpha value is -9.88. The fourth-order valence-electron chi connectivity index (χ4n) is 10.7. The highest BCUT2D eigenvalue weighted by Crippen LogP contribution is 2.42. The van der Waals surface area contributed by atoms with Gasteiger partial charge in [0.05, 0.1) is 11.0 Å². The van der Waals surface area contributed by atoms with E-state index in [4.69, 9.17) is 0 Å². The highest BCUT2D eigenvalue weighted by Gasteiger charge is 2.19. The molecule has 11 aromatic carbocycles. The number of rotatable bonds is 12. The van der Waals surface area contributed by atoms with Gasteiger partial charge in [-0.1, -0.05) is 206 Å². The summed E-state index contributed by atoms with van der Waals surface area (Å²) in [5.74, 6) is 0. The number of aromatic nitrogens is 1. The maximum absolute atomic E-state index is 3.94. The van der Waals surface area contributed by atoms with Gasteiger partial charge in [0.1, 0.15) is 0 Å². The molecule has 0 saturated carbocycles. The molecule has 0 amide bonds. The maximum Gasteiger partial charge on any atom is 0.0544 e. The third-order valence-corrected chi connectivity index (χ3v) is 14.5. The van der Waals surface area contributed by atoms with Gasteiger partial charge in [-0.3, -0.25) is 0 Å². The lowest BCUT2D eigenvalue weighted by Crippen LogP contribution is -2.10. The van der Waals surface area contributed by atoms with Crippen molar-refractivity contribution in [3.63, 3.8) is 0 Å². The third-order valence-electron chi connectivity index (χ3n) is 14.5. The Kier molecular flexibility index (Phi) is 12.0. The van der Waals surface area contributed by atoms with Crippen LogP contribution >= 0.6 is 0 Å². The van der Waals surface area contributed by atoms with Crippen molar-refractivity contribution in [1.82, 2.24) is 4.98 Å². The summed E-state index contributed by atoms with van der Waals surface area (Å²) in [6.45, 7) is 0. The monoisotopic (exact) mass is 957 g/mol. The number of benzene rings is 10. The lowest BCUT2D eigenvalue weighted by Gasteiger charge is -2.26. The van der Waals surface area contributed by atoms with Gasteiger partial charge < -0.3 is 14.8 Å². The fraction of sp³-hybridized carbons (Fsp3) is 0.0278. The molecule has 354 valence electrons. The highest BCUT2D eigenvalue weighted by molar-refractivity contribution is 6.15. The van der Waals surface area contributed by atoms with Gasteiger partial charge in [-0.25, -0.2) is 0 Å². The number of nitrogens with one attached hydrogen (secondary N) is 1. The minimum absolute atomic E-state index is 1.02. The highest BCUT2D eigenvalue weighted by atomic mass is 15.1. The standard InChI is InChI=1S/C72H51N3/c1-5-15-51(16-6-1)55-27-39-61(40-28-55)74(62-41-29-56(30-42-62)52-17-7-2-8-18-52)65-47-35-59(36-48-65)67-23-13-25-69-70-26-14-24-68(72(70)73-71(67)69)60-37-49-66(50-38-60)75(63-43-31-57(32-44-63)53-19-9-3-10-20-53)64-45-33-58(34-46-64)54-21-11-4-12-22-54/h1-3,5-7,9-11,13-17,19-50,73H,4,12H2. The molecule has 0 fully saturated rings. The average molecular weight is 958 g/mol. The summed E-state index contributed by atoms with van der Waals surface area (Å²) in [4.78, 5) is 8.63. The van der Waals surface area contributed by atoms with Gasteiger partial charge in [0, 0.05) is 61.6 Å². The van der Waals surface area contributed by atoms with Crippen molar-refractivity contribution in [3.8, 4) is 55.6 Å². The van der Waals surface area contributed by atoms with Crippen LogP contribution in [0.2, 0.25) is 0 Å². The molecule has 0 aliphatic heterocycles. The first-order valence-corrected chi connectivity index (χ1v) is 25.8. The molecule has 75 heavy (non-hydrogen) atoms. The molecule has 0 spiro atoms. The minimum atomic E-state index is 1.02. The zero-order chi connectivity index (χ0) is 49.9. The summed E-state index contributed by atoms with van der Waals surface area (Å²) in [7, 11) is 0. The molecule has 0 bridgehead atoms. The zero-order valence-corrected chi connectivity index (χ0v) is 41.4. The number of allylic oxidation sites excluding steroid dienone is 4. The van der Waals surface area contributed by atoms with Crippen molar-refractivity contribution in [2.45, 2.75) is 12.8 Å². The number of nitrogens with zero attached hydrogens (tertiary/aromatic N) is 2. The van der Waals surface area contributed by atoms with Crippen LogP contribution < -0.4 is 9.80 Å². The molecule has 1 heterocycles. The van der Waals surface area contributed by atoms with Crippen molar-refractivity contribution in [3.05, 3.63) is 297 Å². The number of hydrogen-bond acceptors (Lipinski definition) is 2. The first-order valence-electron chi connectivity index (χ1n) is 25.8. The van der Waals surface area contributed by atoms with Gasteiger partial charge >= 0.3 is 0 Å². The first kappa shape index (κ1) is 45.0. The van der Waals surface area contributed by atoms with Gasteiger partial charge in [-0.2, -0.15) is 0 Å². The van der Waals surface area contributed by atoms with E-state index in [0.29, 0.717) is 0 Å². The second-order valence-electron chi connectivity index (χ2n) is 19.1. The smallest absolute Gasteiger partial charge is 0.0544 e. The van der Waals surface area contributed by atoms with E-state index in [1.54, 1.807) is 0 Å². The number of para-hydroxylation sites is 2. The molecule has 3 heteroatoms. The summed E-state index contributed by atoms with van der Waals surface area (Å²) in [6, 6.07) is 100. The maximum atomic E-state index is 3.94. The van der Waals surface area contributed by atoms with Gasteiger partial charge in [0.15, 0.2) is 0 Å². The van der Waals surface area contributed by atoms with Gasteiger partial charge in [0.25, 0.3) is 0 Å². The average Bonchev–Trinajstić information content (AvgIpc) is 3.91. The van der Waals surface area contributed by atoms with E-state index >= 15 is 0 Å². The molecule has 1 aromatic heterocycles. The molecular weight excluding hydrogens is 907 g/mol. The van der Waals surface area contributed by atoms with Crippen LogP contribution in [0.3, 0.4) is 0 Å². The number of H-pyrrole nitrogens is 1. The zero-order valence-electron chi connectivity index (χ0n) is 41.4. The Morgan fingerprint density at radius 1 is 0.320 bits per heavy atom. The van der Waals surface area contributed by atoms with Crippen LogP contribution in [-0.4, -0.2) is 4.98 Å². The number of hydrogen-bond donors (Lipinski definition) is 1. The molecule has 0 unspecified atom stereocenters. The summed E-state index contributed by atoms with van der Waals surface area (Å²) in [5, 5.41) is 2.40. The van der Waals surface area contributed by atoms with Crippen molar-refractivity contribution in [2.24, 2.45) is 0 Å². The van der Waals surface area contributed by atoms with E-state index in [0.717, 1.165) is 91.4 Å². The summed E-state index contributed by atoms with van der Waals surface area (Å²) in [6.07, 6.45) is 9.04.